The number of rotatable bonds is 9. The van der Waals surface area contributed by atoms with Gasteiger partial charge in [-0.1, -0.05) is 61.2 Å². The van der Waals surface area contributed by atoms with Crippen LogP contribution in [0, 0.1) is 6.92 Å². The van der Waals surface area contributed by atoms with Gasteiger partial charge < -0.3 is 9.64 Å². The first-order chi connectivity index (χ1) is 22.2. The van der Waals surface area contributed by atoms with E-state index in [2.05, 4.69) is 16.8 Å². The van der Waals surface area contributed by atoms with Crippen molar-refractivity contribution >= 4 is 34.6 Å². The van der Waals surface area contributed by atoms with Crippen molar-refractivity contribution in [3.63, 3.8) is 0 Å². The van der Waals surface area contributed by atoms with E-state index in [-0.39, 0.29) is 12.4 Å². The van der Waals surface area contributed by atoms with Gasteiger partial charge in [0.1, 0.15) is 18.8 Å². The molecule has 2 heterocycles. The molecule has 1 N–H and O–H groups in total. The molecule has 0 spiro atoms. The number of nitrogens with zero attached hydrogens (tertiary/aromatic N) is 3. The first-order valence-corrected chi connectivity index (χ1v) is 15.4. The Morgan fingerprint density at radius 3 is 2.41 bits per heavy atom. The Labute approximate surface area is 266 Å². The first kappa shape index (κ1) is 31.0. The van der Waals surface area contributed by atoms with Gasteiger partial charge in [-0.15, -0.1) is 0 Å². The van der Waals surface area contributed by atoms with Crippen molar-refractivity contribution in [3.05, 3.63) is 126 Å². The van der Waals surface area contributed by atoms with E-state index < -0.39 is 24.8 Å². The molecule has 0 saturated carbocycles. The second-order valence-corrected chi connectivity index (χ2v) is 11.6. The molecule has 1 fully saturated rings. The van der Waals surface area contributed by atoms with Crippen LogP contribution in [0.5, 0.6) is 0 Å². The normalized spacial score (nSPS) is 14.0. The molecule has 1 saturated heterocycles. The zero-order chi connectivity index (χ0) is 32.3. The number of fused-ring (bicyclic) bond motifs is 1. The molecule has 9 heteroatoms. The monoisotopic (exact) mass is 625 g/mol. The first-order valence-electron chi connectivity index (χ1n) is 15.4. The number of hydrogen-bond donors (Lipinski definition) is 1. The number of nitrogens with one attached hydrogen (secondary N) is 1. The highest BCUT2D eigenvalue weighted by Gasteiger charge is 2.50. The number of aromatic nitrogens is 2. The number of carbonyl (C=O) groups is 1. The van der Waals surface area contributed by atoms with Gasteiger partial charge in [0.2, 0.25) is 0 Å². The van der Waals surface area contributed by atoms with Crippen molar-refractivity contribution in [2.45, 2.75) is 38.4 Å². The predicted octanol–water partition coefficient (Wildman–Crippen LogP) is 8.41. The zero-order valence-corrected chi connectivity index (χ0v) is 25.6. The number of anilines is 2. The van der Waals surface area contributed by atoms with Gasteiger partial charge in [0.15, 0.2) is 17.0 Å². The van der Waals surface area contributed by atoms with Crippen LogP contribution < -0.4 is 14.8 Å². The highest BCUT2D eigenvalue weighted by molar-refractivity contribution is 5.86. The summed E-state index contributed by atoms with van der Waals surface area (Å²) in [5.74, 6) is -2.17. The fourth-order valence-corrected chi connectivity index (χ4v) is 6.19. The Morgan fingerprint density at radius 1 is 0.957 bits per heavy atom. The lowest BCUT2D eigenvalue weighted by molar-refractivity contribution is -0.674. The maximum atomic E-state index is 15.1. The quantitative estimate of drug-likeness (QED) is 0.167. The summed E-state index contributed by atoms with van der Waals surface area (Å²) >= 11 is 0. The number of aryl methyl sites for hydroxylation is 1. The fraction of sp³-hybridized carbons (Fsp3) is 0.243. The average Bonchev–Trinajstić information content (AvgIpc) is 3.70. The van der Waals surface area contributed by atoms with Crippen molar-refractivity contribution < 1.29 is 27.3 Å². The Morgan fingerprint density at radius 2 is 1.70 bits per heavy atom. The highest BCUT2D eigenvalue weighted by atomic mass is 19.4. The number of halogens is 3. The number of para-hydroxylation sites is 3. The van der Waals surface area contributed by atoms with E-state index in [1.165, 1.54) is 0 Å². The van der Waals surface area contributed by atoms with E-state index >= 15 is 13.2 Å². The lowest BCUT2D eigenvalue weighted by Gasteiger charge is -2.21. The van der Waals surface area contributed by atoms with Crippen molar-refractivity contribution in [1.82, 2.24) is 4.57 Å². The number of imidazole rings is 1. The molecule has 1 aliphatic rings. The molecule has 0 radical (unpaired) electrons. The Hall–Kier alpha value is -5.05. The summed E-state index contributed by atoms with van der Waals surface area (Å²) in [4.78, 5) is 15.3. The standard InChI is InChI=1S/C37H35F3N4O2/c1-3-27-12-11-13-28(23-27)24-43-33-16-7-8-17-34(33)44(29-14-5-4-6-15-29)35(43)31(37(38,39)40)25-46-36(45)41-32-19-18-30(22-26(32)2)42-20-9-10-21-42/h3-8,11-19,22-23,31H,1,9-10,20-21,24-25H2,2H3/p+1. The topological polar surface area (TPSA) is 50.4 Å². The fourth-order valence-electron chi connectivity index (χ4n) is 6.19. The van der Waals surface area contributed by atoms with Crippen LogP contribution in [0.4, 0.5) is 29.3 Å². The summed E-state index contributed by atoms with van der Waals surface area (Å²) in [6.45, 7) is 6.91. The van der Waals surface area contributed by atoms with Crippen molar-refractivity contribution in [2.75, 3.05) is 29.9 Å². The molecule has 0 aliphatic carbocycles. The van der Waals surface area contributed by atoms with Crippen molar-refractivity contribution in [2.24, 2.45) is 0 Å². The third-order valence-corrected chi connectivity index (χ3v) is 8.47. The van der Waals surface area contributed by atoms with Crippen LogP contribution in [0.1, 0.15) is 41.3 Å². The number of amides is 1. The Balaban J connectivity index is 1.37. The summed E-state index contributed by atoms with van der Waals surface area (Å²) in [6, 6.07) is 29.3. The summed E-state index contributed by atoms with van der Waals surface area (Å²) < 4.78 is 54.1. The van der Waals surface area contributed by atoms with Crippen LogP contribution in [0.3, 0.4) is 0 Å². The smallest absolute Gasteiger partial charge is 0.411 e. The zero-order valence-electron chi connectivity index (χ0n) is 25.6. The van der Waals surface area contributed by atoms with E-state index in [9.17, 15) is 4.79 Å². The van der Waals surface area contributed by atoms with Gasteiger partial charge in [-0.2, -0.15) is 17.7 Å². The van der Waals surface area contributed by atoms with Gasteiger partial charge in [0.25, 0.3) is 5.82 Å². The molecule has 1 unspecified atom stereocenters. The van der Waals surface area contributed by atoms with Crippen molar-refractivity contribution in [1.29, 1.82) is 0 Å². The number of benzene rings is 4. The van der Waals surface area contributed by atoms with Crippen LogP contribution in [0.2, 0.25) is 0 Å². The molecule has 46 heavy (non-hydrogen) atoms. The molecule has 236 valence electrons. The molecular weight excluding hydrogens is 589 g/mol. The maximum Gasteiger partial charge on any atom is 0.411 e. The number of ether oxygens (including phenoxy) is 1. The lowest BCUT2D eigenvalue weighted by Crippen LogP contribution is -2.44. The molecule has 6 nitrogen and oxygen atoms in total. The third-order valence-electron chi connectivity index (χ3n) is 8.47. The van der Waals surface area contributed by atoms with Gasteiger partial charge in [0.05, 0.1) is 0 Å². The second kappa shape index (κ2) is 13.1. The third kappa shape index (κ3) is 6.49. The molecule has 4 aromatic carbocycles. The van der Waals surface area contributed by atoms with E-state index in [4.69, 9.17) is 4.74 Å². The van der Waals surface area contributed by atoms with Crippen LogP contribution in [0.25, 0.3) is 22.8 Å². The Bertz CT molecular complexity index is 1860. The summed E-state index contributed by atoms with van der Waals surface area (Å²) in [5, 5.41) is 2.66. The van der Waals surface area contributed by atoms with Gasteiger partial charge in [-0.25, -0.2) is 9.36 Å². The van der Waals surface area contributed by atoms with Gasteiger partial charge in [-0.3, -0.25) is 5.32 Å². The van der Waals surface area contributed by atoms with Gasteiger partial charge in [0, 0.05) is 24.5 Å². The van der Waals surface area contributed by atoms with E-state index in [0.29, 0.717) is 22.4 Å². The minimum Gasteiger partial charge on any atom is -0.448 e. The molecule has 1 atom stereocenters. The summed E-state index contributed by atoms with van der Waals surface area (Å²) in [6.07, 6.45) is -1.71. The van der Waals surface area contributed by atoms with E-state index in [1.807, 2.05) is 61.5 Å². The number of alkyl halides is 3. The Kier molecular flexibility index (Phi) is 8.83. The van der Waals surface area contributed by atoms with Crippen LogP contribution >= 0.6 is 0 Å². The van der Waals surface area contributed by atoms with Crippen LogP contribution in [-0.4, -0.2) is 36.5 Å². The van der Waals surface area contributed by atoms with Crippen LogP contribution in [0.15, 0.2) is 104 Å². The maximum absolute atomic E-state index is 15.1. The molecule has 0 bridgehead atoms. The average molecular weight is 626 g/mol. The molecule has 5 aromatic rings. The molecular formula is C37H36F3N4O2+. The highest BCUT2D eigenvalue weighted by Crippen LogP contribution is 2.37. The number of carbonyl (C=O) groups excluding carboxylic acids is 1. The molecule has 1 aromatic heterocycles. The van der Waals surface area contributed by atoms with Crippen LogP contribution in [-0.2, 0) is 11.3 Å². The second-order valence-electron chi connectivity index (χ2n) is 11.6. The van der Waals surface area contributed by atoms with Crippen molar-refractivity contribution in [3.8, 4) is 5.69 Å². The summed E-state index contributed by atoms with van der Waals surface area (Å²) in [7, 11) is 0. The lowest BCUT2D eigenvalue weighted by atomic mass is 10.1. The minimum atomic E-state index is -4.74. The molecule has 1 aliphatic heterocycles. The van der Waals surface area contributed by atoms with E-state index in [1.54, 1.807) is 57.7 Å². The molecule has 1 amide bonds. The van der Waals surface area contributed by atoms with Gasteiger partial charge in [-0.05, 0) is 85.0 Å². The minimum absolute atomic E-state index is 0.0390. The molecule has 6 rings (SSSR count). The summed E-state index contributed by atoms with van der Waals surface area (Å²) in [5.41, 5.74) is 5.83. The SMILES string of the molecule is C=Cc1cccc(C[n+]2c(C(COC(=O)Nc3ccc(N4CCCC4)cc3C)C(F)(F)F)n(-c3ccccc3)c3ccccc32)c1. The number of hydrogen-bond acceptors (Lipinski definition) is 3. The largest absolute Gasteiger partial charge is 0.448 e. The van der Waals surface area contributed by atoms with Gasteiger partial charge >= 0.3 is 12.3 Å². The predicted molar refractivity (Wildman–Crippen MR) is 175 cm³/mol. The van der Waals surface area contributed by atoms with E-state index in [0.717, 1.165) is 48.3 Å².